The largest absolute Gasteiger partial charge is 0.372 e. The second kappa shape index (κ2) is 7.62. The van der Waals surface area contributed by atoms with Gasteiger partial charge >= 0.3 is 0 Å². The van der Waals surface area contributed by atoms with E-state index in [0.717, 1.165) is 11.1 Å². The molecule has 3 aliphatic heterocycles. The molecule has 1 spiro atoms. The Balaban J connectivity index is 1.45. The first-order valence-corrected chi connectivity index (χ1v) is 11.2. The minimum absolute atomic E-state index is 0.0286. The number of aromatic nitrogens is 2. The fourth-order valence-electron chi connectivity index (χ4n) is 5.61. The number of benzene rings is 1. The molecule has 2 aromatic heterocycles. The molecular formula is C24H25FN6O2. The van der Waals surface area contributed by atoms with Crippen LogP contribution in [0.25, 0.3) is 11.0 Å². The van der Waals surface area contributed by atoms with Gasteiger partial charge in [0, 0.05) is 37.9 Å². The van der Waals surface area contributed by atoms with Crippen molar-refractivity contribution in [1.82, 2.24) is 10.1 Å². The zero-order chi connectivity index (χ0) is 22.6. The van der Waals surface area contributed by atoms with Crippen molar-refractivity contribution in [3.8, 4) is 0 Å². The van der Waals surface area contributed by atoms with Gasteiger partial charge in [-0.15, -0.1) is 0 Å². The molecule has 0 radical (unpaired) electrons. The van der Waals surface area contributed by atoms with Crippen LogP contribution in [0.5, 0.6) is 0 Å². The smallest absolute Gasteiger partial charge is 0.206 e. The van der Waals surface area contributed by atoms with Gasteiger partial charge in [0.2, 0.25) is 5.58 Å². The Morgan fingerprint density at radius 1 is 1.21 bits per heavy atom. The number of hydrogen-bond donors (Lipinski definition) is 1. The van der Waals surface area contributed by atoms with Crippen LogP contribution < -0.4 is 10.2 Å². The van der Waals surface area contributed by atoms with Crippen LogP contribution in [0.4, 0.5) is 15.9 Å². The second-order valence-corrected chi connectivity index (χ2v) is 9.12. The van der Waals surface area contributed by atoms with E-state index >= 15 is 4.39 Å². The highest BCUT2D eigenvalue weighted by Crippen LogP contribution is 2.47. The Labute approximate surface area is 190 Å². The molecule has 33 heavy (non-hydrogen) atoms. The van der Waals surface area contributed by atoms with E-state index in [9.17, 15) is 0 Å². The van der Waals surface area contributed by atoms with Crippen LogP contribution in [-0.4, -0.2) is 54.0 Å². The number of aliphatic imine (C=N–C) groups is 2. The van der Waals surface area contributed by atoms with E-state index in [4.69, 9.17) is 9.26 Å². The number of ether oxygens (including phenoxy) is 1. The lowest BCUT2D eigenvalue weighted by molar-refractivity contribution is -0.0432. The molecule has 0 amide bonds. The van der Waals surface area contributed by atoms with Crippen molar-refractivity contribution < 1.29 is 13.7 Å². The highest BCUT2D eigenvalue weighted by atomic mass is 19.1. The van der Waals surface area contributed by atoms with E-state index in [1.165, 1.54) is 0 Å². The predicted octanol–water partition coefficient (Wildman–Crippen LogP) is 3.61. The third-order valence-corrected chi connectivity index (χ3v) is 6.81. The van der Waals surface area contributed by atoms with Gasteiger partial charge < -0.3 is 19.5 Å². The second-order valence-electron chi connectivity index (χ2n) is 9.12. The molecule has 1 N–H and O–H groups in total. The molecule has 0 saturated carbocycles. The molecule has 6 rings (SSSR count). The highest BCUT2D eigenvalue weighted by molar-refractivity contribution is 5.97. The van der Waals surface area contributed by atoms with Crippen LogP contribution in [0.3, 0.4) is 0 Å². The SMILES string of the molecule is C[C@@H]1CN2c3c(cc4c(NCc5ccncc5)noc4c3F)CC3(C=NCN=C3)[C@H]2[C@H](C)O1. The standard InChI is InChI=1S/C24H25FN6O2/c1-14-10-31-20-17(8-24(11-27-13-28-12-24)22(31)15(2)32-14)7-18-21(19(20)25)33-30-23(18)29-9-16-3-5-26-6-4-16/h3-7,11-12,14-15,22H,8-10,13H2,1-2H3,(H,29,30)/t14-,15+,22-/m1/s1. The Morgan fingerprint density at radius 3 is 2.79 bits per heavy atom. The zero-order valence-electron chi connectivity index (χ0n) is 18.5. The van der Waals surface area contributed by atoms with Crippen LogP contribution in [-0.2, 0) is 17.7 Å². The Hall–Kier alpha value is -3.33. The lowest BCUT2D eigenvalue weighted by atomic mass is 9.69. The topological polar surface area (TPSA) is 88.1 Å². The molecule has 8 nitrogen and oxygen atoms in total. The van der Waals surface area contributed by atoms with Gasteiger partial charge in [-0.05, 0) is 49.6 Å². The summed E-state index contributed by atoms with van der Waals surface area (Å²) < 4.78 is 27.6. The average Bonchev–Trinajstić information content (AvgIpc) is 3.21. The molecule has 0 unspecified atom stereocenters. The number of nitrogens with zero attached hydrogens (tertiary/aromatic N) is 5. The molecule has 9 heteroatoms. The van der Waals surface area contributed by atoms with Crippen LogP contribution >= 0.6 is 0 Å². The first-order chi connectivity index (χ1) is 16.1. The summed E-state index contributed by atoms with van der Waals surface area (Å²) in [4.78, 5) is 15.1. The van der Waals surface area contributed by atoms with Crippen molar-refractivity contribution in [2.45, 2.75) is 45.1 Å². The van der Waals surface area contributed by atoms with E-state index in [-0.39, 0.29) is 29.7 Å². The minimum Gasteiger partial charge on any atom is -0.372 e. The monoisotopic (exact) mass is 448 g/mol. The quantitative estimate of drug-likeness (QED) is 0.659. The molecular weight excluding hydrogens is 423 g/mol. The summed E-state index contributed by atoms with van der Waals surface area (Å²) in [6, 6.07) is 5.74. The maximum atomic E-state index is 16.0. The number of hydrogen-bond acceptors (Lipinski definition) is 8. The van der Waals surface area contributed by atoms with E-state index in [0.29, 0.717) is 43.1 Å². The lowest BCUT2D eigenvalue weighted by Crippen LogP contribution is -2.65. The number of morpholine rings is 1. The van der Waals surface area contributed by atoms with Crippen molar-refractivity contribution in [2.75, 3.05) is 23.4 Å². The number of halogens is 1. The van der Waals surface area contributed by atoms with Gasteiger partial charge in [0.1, 0.15) is 6.67 Å². The molecule has 3 aliphatic rings. The maximum absolute atomic E-state index is 16.0. The third-order valence-electron chi connectivity index (χ3n) is 6.81. The van der Waals surface area contributed by atoms with Crippen molar-refractivity contribution in [3.05, 3.63) is 47.5 Å². The fraction of sp³-hybridized carbons (Fsp3) is 0.417. The summed E-state index contributed by atoms with van der Waals surface area (Å²) in [5.41, 5.74) is 2.23. The van der Waals surface area contributed by atoms with E-state index in [1.807, 2.05) is 44.5 Å². The Bertz CT molecular complexity index is 1240. The summed E-state index contributed by atoms with van der Waals surface area (Å²) in [5, 5.41) is 8.05. The van der Waals surface area contributed by atoms with Crippen LogP contribution in [0.15, 0.2) is 45.1 Å². The fourth-order valence-corrected chi connectivity index (χ4v) is 5.61. The number of nitrogens with one attached hydrogen (secondary N) is 1. The van der Waals surface area contributed by atoms with E-state index in [1.54, 1.807) is 12.4 Å². The van der Waals surface area contributed by atoms with Crippen molar-refractivity contribution in [3.63, 3.8) is 0 Å². The van der Waals surface area contributed by atoms with Crippen LogP contribution in [0.2, 0.25) is 0 Å². The van der Waals surface area contributed by atoms with Crippen molar-refractivity contribution >= 4 is 34.9 Å². The number of rotatable bonds is 3. The minimum atomic E-state index is -0.452. The van der Waals surface area contributed by atoms with Gasteiger partial charge in [-0.1, -0.05) is 5.16 Å². The molecule has 170 valence electrons. The number of anilines is 2. The third kappa shape index (κ3) is 3.21. The van der Waals surface area contributed by atoms with Gasteiger partial charge in [0.25, 0.3) is 0 Å². The van der Waals surface area contributed by atoms with Gasteiger partial charge in [-0.25, -0.2) is 4.39 Å². The molecule has 0 bridgehead atoms. The first-order valence-electron chi connectivity index (χ1n) is 11.2. The molecule has 1 saturated heterocycles. The van der Waals surface area contributed by atoms with Crippen molar-refractivity contribution in [2.24, 2.45) is 15.4 Å². The van der Waals surface area contributed by atoms with Gasteiger partial charge in [-0.3, -0.25) is 15.0 Å². The molecule has 3 atom stereocenters. The van der Waals surface area contributed by atoms with E-state index < -0.39 is 5.41 Å². The summed E-state index contributed by atoms with van der Waals surface area (Å²) in [6.07, 6.45) is 7.88. The first kappa shape index (κ1) is 20.3. The van der Waals surface area contributed by atoms with Crippen LogP contribution in [0.1, 0.15) is 25.0 Å². The lowest BCUT2D eigenvalue weighted by Gasteiger charge is -2.54. The van der Waals surface area contributed by atoms with E-state index in [2.05, 4.69) is 30.3 Å². The normalized spacial score (nSPS) is 25.3. The summed E-state index contributed by atoms with van der Waals surface area (Å²) in [7, 11) is 0. The molecule has 5 heterocycles. The predicted molar refractivity (Wildman–Crippen MR) is 125 cm³/mol. The summed E-state index contributed by atoms with van der Waals surface area (Å²) in [5.74, 6) is 0.146. The number of pyridine rings is 1. The highest BCUT2D eigenvalue weighted by Gasteiger charge is 2.52. The summed E-state index contributed by atoms with van der Waals surface area (Å²) in [6.45, 7) is 5.60. The maximum Gasteiger partial charge on any atom is 0.206 e. The molecule has 3 aromatic rings. The van der Waals surface area contributed by atoms with Crippen LogP contribution in [0, 0.1) is 11.2 Å². The van der Waals surface area contributed by atoms with Gasteiger partial charge in [0.05, 0.1) is 34.7 Å². The average molecular weight is 449 g/mol. The molecule has 1 fully saturated rings. The Morgan fingerprint density at radius 2 is 2.00 bits per heavy atom. The zero-order valence-corrected chi connectivity index (χ0v) is 18.5. The van der Waals surface area contributed by atoms with Crippen molar-refractivity contribution in [1.29, 1.82) is 0 Å². The van der Waals surface area contributed by atoms with Gasteiger partial charge in [-0.2, -0.15) is 0 Å². The molecule has 0 aliphatic carbocycles. The summed E-state index contributed by atoms with van der Waals surface area (Å²) >= 11 is 0. The van der Waals surface area contributed by atoms with Gasteiger partial charge in [0.15, 0.2) is 11.6 Å². The number of fused-ring (bicyclic) bond motifs is 5. The Kier molecular flexibility index (Phi) is 4.69. The molecule has 1 aromatic carbocycles.